The number of hydrogen-bond donors (Lipinski definition) is 2. The molecule has 1 aromatic heterocycles. The van der Waals surface area contributed by atoms with Gasteiger partial charge in [-0.1, -0.05) is 48.5 Å². The van der Waals surface area contributed by atoms with E-state index in [1.807, 2.05) is 28.9 Å². The Hall–Kier alpha value is -3.28. The third-order valence-electron chi connectivity index (χ3n) is 6.45. The largest absolute Gasteiger partial charge is 0.449 e. The number of carbonyl (C=O) groups is 1. The van der Waals surface area contributed by atoms with Gasteiger partial charge in [-0.3, -0.25) is 14.6 Å². The molecule has 0 fully saturated rings. The maximum absolute atomic E-state index is 12.3. The van der Waals surface area contributed by atoms with Crippen molar-refractivity contribution in [2.75, 3.05) is 13.2 Å². The Morgan fingerprint density at radius 2 is 1.71 bits per heavy atom. The van der Waals surface area contributed by atoms with Gasteiger partial charge in [-0.15, -0.1) is 0 Å². The summed E-state index contributed by atoms with van der Waals surface area (Å²) in [6.45, 7) is 1.51. The molecule has 0 aliphatic heterocycles. The highest BCUT2D eigenvalue weighted by Crippen LogP contribution is 2.44. The van der Waals surface area contributed by atoms with Gasteiger partial charge in [0.05, 0.1) is 0 Å². The van der Waals surface area contributed by atoms with Crippen molar-refractivity contribution in [1.82, 2.24) is 15.1 Å². The van der Waals surface area contributed by atoms with E-state index in [0.29, 0.717) is 19.7 Å². The molecule has 160 valence electrons. The molecule has 0 saturated carbocycles. The van der Waals surface area contributed by atoms with Crippen molar-refractivity contribution in [1.29, 1.82) is 0 Å². The Balaban J connectivity index is 1.14. The van der Waals surface area contributed by atoms with Crippen molar-refractivity contribution in [3.63, 3.8) is 0 Å². The Kier molecular flexibility index (Phi) is 5.37. The quantitative estimate of drug-likeness (QED) is 0.596. The van der Waals surface area contributed by atoms with Gasteiger partial charge in [0.1, 0.15) is 6.61 Å². The standard InChI is InChI=1S/C25H27N3O3/c29-24-21-12-5-6-13-23(21)28(27-24)15-7-14-26-25(30)31-16-22-19-10-3-1-8-17(19)18-9-2-4-11-20(18)22/h1-4,8-11,22H,5-7,12-16H2,(H,26,30)(H,27,29). The topological polar surface area (TPSA) is 76.1 Å². The summed E-state index contributed by atoms with van der Waals surface area (Å²) >= 11 is 0. The van der Waals surface area contributed by atoms with E-state index in [1.54, 1.807) is 0 Å². The fourth-order valence-corrected chi connectivity index (χ4v) is 4.96. The normalized spacial score (nSPS) is 14.6. The first-order valence-corrected chi connectivity index (χ1v) is 11.1. The third kappa shape index (κ3) is 3.78. The number of rotatable bonds is 6. The number of alkyl carbamates (subject to hydrolysis) is 1. The SMILES string of the molecule is O=C(NCCCn1[nH]c(=O)c2c1CCCC2)OCC1c2ccccc2-c2ccccc21. The van der Waals surface area contributed by atoms with Gasteiger partial charge >= 0.3 is 6.09 Å². The fourth-order valence-electron chi connectivity index (χ4n) is 4.96. The first-order valence-electron chi connectivity index (χ1n) is 11.1. The average Bonchev–Trinajstić information content (AvgIpc) is 3.30. The number of aromatic amines is 1. The lowest BCUT2D eigenvalue weighted by Crippen LogP contribution is -2.28. The molecule has 0 saturated heterocycles. The number of nitrogens with one attached hydrogen (secondary N) is 2. The fraction of sp³-hybridized carbons (Fsp3) is 0.360. The van der Waals surface area contributed by atoms with Gasteiger partial charge in [-0.2, -0.15) is 0 Å². The van der Waals surface area contributed by atoms with Crippen molar-refractivity contribution < 1.29 is 9.53 Å². The molecule has 0 radical (unpaired) electrons. The molecule has 1 heterocycles. The van der Waals surface area contributed by atoms with Crippen LogP contribution in [0.3, 0.4) is 0 Å². The number of fused-ring (bicyclic) bond motifs is 4. The average molecular weight is 418 g/mol. The van der Waals surface area contributed by atoms with E-state index in [0.717, 1.165) is 43.4 Å². The molecule has 6 heteroatoms. The van der Waals surface area contributed by atoms with Crippen molar-refractivity contribution in [2.45, 2.75) is 44.6 Å². The second-order valence-corrected chi connectivity index (χ2v) is 8.33. The number of nitrogens with zero attached hydrogens (tertiary/aromatic N) is 1. The molecule has 0 spiro atoms. The highest BCUT2D eigenvalue weighted by molar-refractivity contribution is 5.79. The Morgan fingerprint density at radius 1 is 1.03 bits per heavy atom. The lowest BCUT2D eigenvalue weighted by Gasteiger charge is -2.15. The minimum atomic E-state index is -0.398. The number of benzene rings is 2. The van der Waals surface area contributed by atoms with E-state index in [2.05, 4.69) is 34.7 Å². The molecule has 6 nitrogen and oxygen atoms in total. The molecule has 0 bridgehead atoms. The molecule has 31 heavy (non-hydrogen) atoms. The van der Waals surface area contributed by atoms with Crippen molar-refractivity contribution in [2.24, 2.45) is 0 Å². The van der Waals surface area contributed by atoms with Crippen molar-refractivity contribution in [3.05, 3.63) is 81.3 Å². The zero-order chi connectivity index (χ0) is 21.2. The lowest BCUT2D eigenvalue weighted by atomic mass is 9.98. The Morgan fingerprint density at radius 3 is 2.45 bits per heavy atom. The van der Waals surface area contributed by atoms with Crippen LogP contribution in [0.2, 0.25) is 0 Å². The molecule has 0 atom stereocenters. The van der Waals surface area contributed by atoms with E-state index >= 15 is 0 Å². The van der Waals surface area contributed by atoms with Crippen LogP contribution < -0.4 is 10.9 Å². The van der Waals surface area contributed by atoms with E-state index < -0.39 is 6.09 Å². The van der Waals surface area contributed by atoms with Gasteiger partial charge in [-0.25, -0.2) is 4.79 Å². The summed E-state index contributed by atoms with van der Waals surface area (Å²) in [5.41, 5.74) is 6.97. The number of aryl methyl sites for hydroxylation is 1. The van der Waals surface area contributed by atoms with Crippen LogP contribution in [0, 0.1) is 0 Å². The second kappa shape index (κ2) is 8.46. The molecule has 1 amide bonds. The van der Waals surface area contributed by atoms with Crippen LogP contribution in [-0.4, -0.2) is 29.0 Å². The van der Waals surface area contributed by atoms with E-state index in [-0.39, 0.29) is 11.5 Å². The van der Waals surface area contributed by atoms with Crippen LogP contribution >= 0.6 is 0 Å². The molecule has 2 aliphatic carbocycles. The summed E-state index contributed by atoms with van der Waals surface area (Å²) in [5.74, 6) is 0.0645. The summed E-state index contributed by atoms with van der Waals surface area (Å²) in [6, 6.07) is 16.6. The van der Waals surface area contributed by atoms with Gasteiger partial charge < -0.3 is 10.1 Å². The first-order chi connectivity index (χ1) is 15.2. The number of H-pyrrole nitrogens is 1. The maximum atomic E-state index is 12.3. The molecule has 2 aliphatic rings. The zero-order valence-electron chi connectivity index (χ0n) is 17.5. The number of carbonyl (C=O) groups excluding carboxylic acids is 1. The number of amides is 1. The van der Waals surface area contributed by atoms with Gasteiger partial charge in [0.15, 0.2) is 0 Å². The first kappa shape index (κ1) is 19.7. The number of hydrogen-bond acceptors (Lipinski definition) is 3. The van der Waals surface area contributed by atoms with E-state index in [4.69, 9.17) is 4.74 Å². The van der Waals surface area contributed by atoms with Crippen LogP contribution in [0.1, 0.15) is 47.6 Å². The lowest BCUT2D eigenvalue weighted by molar-refractivity contribution is 0.142. The predicted molar refractivity (Wildman–Crippen MR) is 119 cm³/mol. The van der Waals surface area contributed by atoms with Gasteiger partial charge in [0.25, 0.3) is 5.56 Å². The highest BCUT2D eigenvalue weighted by atomic mass is 16.5. The van der Waals surface area contributed by atoms with Crippen LogP contribution in [0.4, 0.5) is 4.79 Å². The summed E-state index contributed by atoms with van der Waals surface area (Å²) < 4.78 is 7.53. The number of ether oxygens (including phenoxy) is 1. The Bertz CT molecular complexity index is 1120. The van der Waals surface area contributed by atoms with Gasteiger partial charge in [-0.05, 0) is 54.4 Å². The molecule has 5 rings (SSSR count). The summed E-state index contributed by atoms with van der Waals surface area (Å²) in [6.07, 6.45) is 4.38. The smallest absolute Gasteiger partial charge is 0.407 e. The van der Waals surface area contributed by atoms with Crippen LogP contribution in [0.15, 0.2) is 53.3 Å². The minimum absolute atomic E-state index is 0.0409. The van der Waals surface area contributed by atoms with Gasteiger partial charge in [0, 0.05) is 30.3 Å². The minimum Gasteiger partial charge on any atom is -0.449 e. The second-order valence-electron chi connectivity index (χ2n) is 8.33. The molecular weight excluding hydrogens is 390 g/mol. The zero-order valence-corrected chi connectivity index (χ0v) is 17.5. The Labute approximate surface area is 181 Å². The predicted octanol–water partition coefficient (Wildman–Crippen LogP) is 3.98. The number of aromatic nitrogens is 2. The molecule has 2 N–H and O–H groups in total. The monoisotopic (exact) mass is 417 g/mol. The van der Waals surface area contributed by atoms with E-state index in [9.17, 15) is 9.59 Å². The van der Waals surface area contributed by atoms with Crippen molar-refractivity contribution in [3.8, 4) is 11.1 Å². The molecule has 0 unspecified atom stereocenters. The maximum Gasteiger partial charge on any atom is 0.407 e. The van der Waals surface area contributed by atoms with Crippen molar-refractivity contribution >= 4 is 6.09 Å². The van der Waals surface area contributed by atoms with Crippen LogP contribution in [-0.2, 0) is 24.1 Å². The molecular formula is C25H27N3O3. The molecule has 2 aromatic carbocycles. The molecule has 3 aromatic rings. The van der Waals surface area contributed by atoms with Crippen LogP contribution in [0.5, 0.6) is 0 Å². The van der Waals surface area contributed by atoms with Crippen LogP contribution in [0.25, 0.3) is 11.1 Å². The summed E-state index contributed by atoms with van der Waals surface area (Å²) in [7, 11) is 0. The highest BCUT2D eigenvalue weighted by Gasteiger charge is 2.29. The summed E-state index contributed by atoms with van der Waals surface area (Å²) in [5, 5.41) is 5.79. The summed E-state index contributed by atoms with van der Waals surface area (Å²) in [4.78, 5) is 24.3. The van der Waals surface area contributed by atoms with Gasteiger partial charge in [0.2, 0.25) is 0 Å². The van der Waals surface area contributed by atoms with E-state index in [1.165, 1.54) is 22.3 Å². The third-order valence-corrected chi connectivity index (χ3v) is 6.45.